The van der Waals surface area contributed by atoms with Crippen LogP contribution in [0, 0.1) is 0 Å². The summed E-state index contributed by atoms with van der Waals surface area (Å²) in [6.45, 7) is 9.97. The van der Waals surface area contributed by atoms with E-state index in [-0.39, 0.29) is 16.8 Å². The third kappa shape index (κ3) is 4.77. The zero-order valence-electron chi connectivity index (χ0n) is 16.3. The van der Waals surface area contributed by atoms with Crippen molar-refractivity contribution in [1.82, 2.24) is 19.7 Å². The second-order valence-corrected chi connectivity index (χ2v) is 8.16. The predicted molar refractivity (Wildman–Crippen MR) is 96.6 cm³/mol. The van der Waals surface area contributed by atoms with Crippen molar-refractivity contribution >= 4 is 0 Å². The molecule has 0 radical (unpaired) electrons. The number of aromatic nitrogens is 4. The van der Waals surface area contributed by atoms with E-state index in [0.29, 0.717) is 6.04 Å². The van der Waals surface area contributed by atoms with E-state index in [0.717, 1.165) is 18.4 Å². The lowest BCUT2D eigenvalue weighted by atomic mass is 9.75. The summed E-state index contributed by atoms with van der Waals surface area (Å²) in [5.74, 6) is 0. The van der Waals surface area contributed by atoms with Gasteiger partial charge in [0.05, 0.1) is 0 Å². The molecule has 0 spiro atoms. The summed E-state index contributed by atoms with van der Waals surface area (Å²) in [6.07, 6.45) is 6.80. The van der Waals surface area contributed by atoms with Gasteiger partial charge in [-0.15, -0.1) is 0 Å². The Morgan fingerprint density at radius 1 is 1.04 bits per heavy atom. The standard InChI is InChI=1S/C19H28F2N4O/c1-13(2)25-15(7-10-24-25)19(5,6)9-8-18(3,4)14-11-22-17(23-12-14)26-16(20)21/h7,10-13,16H,8-9H2,1-6H3. The maximum absolute atomic E-state index is 12.2. The molecule has 0 aliphatic rings. The molecule has 7 heteroatoms. The molecule has 144 valence electrons. The van der Waals surface area contributed by atoms with Gasteiger partial charge in [-0.05, 0) is 43.7 Å². The summed E-state index contributed by atoms with van der Waals surface area (Å²) in [5, 5.41) is 4.44. The molecule has 0 saturated heterocycles. The van der Waals surface area contributed by atoms with E-state index in [2.05, 4.69) is 72.1 Å². The van der Waals surface area contributed by atoms with Gasteiger partial charge in [-0.3, -0.25) is 4.68 Å². The highest BCUT2D eigenvalue weighted by Crippen LogP contribution is 2.36. The third-order valence-electron chi connectivity index (χ3n) is 4.83. The summed E-state index contributed by atoms with van der Waals surface area (Å²) >= 11 is 0. The van der Waals surface area contributed by atoms with Crippen molar-refractivity contribution in [1.29, 1.82) is 0 Å². The fourth-order valence-corrected chi connectivity index (χ4v) is 2.97. The van der Waals surface area contributed by atoms with Crippen molar-refractivity contribution < 1.29 is 13.5 Å². The van der Waals surface area contributed by atoms with E-state index < -0.39 is 6.61 Å². The van der Waals surface area contributed by atoms with Gasteiger partial charge in [0.15, 0.2) is 0 Å². The molecule has 2 rings (SSSR count). The van der Waals surface area contributed by atoms with Crippen LogP contribution in [-0.4, -0.2) is 26.4 Å². The van der Waals surface area contributed by atoms with Crippen LogP contribution in [0.15, 0.2) is 24.7 Å². The Hall–Kier alpha value is -2.05. The van der Waals surface area contributed by atoms with Crippen molar-refractivity contribution in [2.45, 2.75) is 77.9 Å². The highest BCUT2D eigenvalue weighted by Gasteiger charge is 2.30. The topological polar surface area (TPSA) is 52.8 Å². The molecular formula is C19H28F2N4O. The van der Waals surface area contributed by atoms with Gasteiger partial charge >= 0.3 is 12.6 Å². The zero-order chi connectivity index (χ0) is 19.5. The monoisotopic (exact) mass is 366 g/mol. The maximum atomic E-state index is 12.2. The number of nitrogens with zero attached hydrogens (tertiary/aromatic N) is 4. The van der Waals surface area contributed by atoms with E-state index >= 15 is 0 Å². The number of ether oxygens (including phenoxy) is 1. The fourth-order valence-electron chi connectivity index (χ4n) is 2.97. The normalized spacial score (nSPS) is 12.8. The molecule has 0 aliphatic carbocycles. The van der Waals surface area contributed by atoms with Crippen LogP contribution in [0.5, 0.6) is 6.01 Å². The van der Waals surface area contributed by atoms with Crippen LogP contribution >= 0.6 is 0 Å². The third-order valence-corrected chi connectivity index (χ3v) is 4.83. The number of hydrogen-bond donors (Lipinski definition) is 0. The lowest BCUT2D eigenvalue weighted by molar-refractivity contribution is -0.0561. The Kier molecular flexibility index (Phi) is 5.98. The van der Waals surface area contributed by atoms with E-state index in [4.69, 9.17) is 0 Å². The molecule has 0 saturated carbocycles. The van der Waals surface area contributed by atoms with Gasteiger partial charge in [0.1, 0.15) is 0 Å². The molecule has 0 unspecified atom stereocenters. The number of rotatable bonds is 8. The van der Waals surface area contributed by atoms with Gasteiger partial charge in [0.2, 0.25) is 0 Å². The van der Waals surface area contributed by atoms with Crippen LogP contribution in [0.25, 0.3) is 0 Å². The number of hydrogen-bond acceptors (Lipinski definition) is 4. The predicted octanol–water partition coefficient (Wildman–Crippen LogP) is 4.89. The molecule has 26 heavy (non-hydrogen) atoms. The van der Waals surface area contributed by atoms with Crippen LogP contribution in [0.4, 0.5) is 8.78 Å². The van der Waals surface area contributed by atoms with Crippen molar-refractivity contribution in [3.63, 3.8) is 0 Å². The highest BCUT2D eigenvalue weighted by molar-refractivity contribution is 5.20. The number of halogens is 2. The molecule has 0 amide bonds. The maximum Gasteiger partial charge on any atom is 0.389 e. The lowest BCUT2D eigenvalue weighted by Gasteiger charge is -2.32. The molecule has 2 aromatic rings. The van der Waals surface area contributed by atoms with E-state index in [9.17, 15) is 8.78 Å². The Labute approximate surface area is 153 Å². The Bertz CT molecular complexity index is 709. The molecule has 0 N–H and O–H groups in total. The average Bonchev–Trinajstić information content (AvgIpc) is 3.04. The van der Waals surface area contributed by atoms with Crippen LogP contribution in [0.2, 0.25) is 0 Å². The molecule has 0 atom stereocenters. The van der Waals surface area contributed by atoms with Crippen LogP contribution in [0.1, 0.15) is 71.7 Å². The molecule has 2 heterocycles. The summed E-state index contributed by atoms with van der Waals surface area (Å²) < 4.78 is 30.7. The van der Waals surface area contributed by atoms with Crippen molar-refractivity contribution in [2.24, 2.45) is 0 Å². The van der Waals surface area contributed by atoms with Crippen LogP contribution < -0.4 is 4.74 Å². The Morgan fingerprint density at radius 2 is 1.62 bits per heavy atom. The quantitative estimate of drug-likeness (QED) is 0.667. The summed E-state index contributed by atoms with van der Waals surface area (Å²) in [7, 11) is 0. The minimum Gasteiger partial charge on any atom is -0.401 e. The van der Waals surface area contributed by atoms with Gasteiger partial charge in [-0.2, -0.15) is 13.9 Å². The molecule has 0 bridgehead atoms. The first kappa shape index (κ1) is 20.3. The summed E-state index contributed by atoms with van der Waals surface area (Å²) in [4.78, 5) is 7.78. The highest BCUT2D eigenvalue weighted by atomic mass is 19.3. The zero-order valence-corrected chi connectivity index (χ0v) is 16.3. The summed E-state index contributed by atoms with van der Waals surface area (Å²) in [5.41, 5.74) is 1.87. The average molecular weight is 366 g/mol. The van der Waals surface area contributed by atoms with Gasteiger partial charge in [-0.25, -0.2) is 9.97 Å². The van der Waals surface area contributed by atoms with Crippen molar-refractivity contribution in [2.75, 3.05) is 0 Å². The van der Waals surface area contributed by atoms with Crippen LogP contribution in [-0.2, 0) is 10.8 Å². The van der Waals surface area contributed by atoms with E-state index in [1.165, 1.54) is 5.69 Å². The molecule has 0 aromatic carbocycles. The van der Waals surface area contributed by atoms with Crippen molar-refractivity contribution in [3.05, 3.63) is 35.9 Å². The van der Waals surface area contributed by atoms with E-state index in [1.54, 1.807) is 12.4 Å². The number of alkyl halides is 2. The second-order valence-electron chi connectivity index (χ2n) is 8.16. The van der Waals surface area contributed by atoms with Crippen molar-refractivity contribution in [3.8, 4) is 6.01 Å². The minimum absolute atomic E-state index is 0.0440. The van der Waals surface area contributed by atoms with Crippen LogP contribution in [0.3, 0.4) is 0 Å². The van der Waals surface area contributed by atoms with Gasteiger partial charge in [-0.1, -0.05) is 27.7 Å². The first-order valence-electron chi connectivity index (χ1n) is 8.84. The van der Waals surface area contributed by atoms with E-state index in [1.807, 2.05) is 6.20 Å². The molecule has 0 fully saturated rings. The smallest absolute Gasteiger partial charge is 0.389 e. The van der Waals surface area contributed by atoms with Gasteiger partial charge in [0.25, 0.3) is 0 Å². The summed E-state index contributed by atoms with van der Waals surface area (Å²) in [6, 6.07) is 2.08. The van der Waals surface area contributed by atoms with Gasteiger partial charge in [0, 0.05) is 35.7 Å². The lowest BCUT2D eigenvalue weighted by Crippen LogP contribution is -2.27. The first-order chi connectivity index (χ1) is 12.0. The molecular weight excluding hydrogens is 338 g/mol. The SMILES string of the molecule is CC(C)n1nccc1C(C)(C)CCC(C)(C)c1cnc(OC(F)F)nc1. The fraction of sp³-hybridized carbons (Fsp3) is 0.632. The first-order valence-corrected chi connectivity index (χ1v) is 8.84. The molecule has 2 aromatic heterocycles. The Morgan fingerprint density at radius 3 is 2.15 bits per heavy atom. The minimum atomic E-state index is -2.92. The Balaban J connectivity index is 2.10. The molecule has 5 nitrogen and oxygen atoms in total. The molecule has 0 aliphatic heterocycles. The largest absolute Gasteiger partial charge is 0.401 e. The van der Waals surface area contributed by atoms with Gasteiger partial charge < -0.3 is 4.74 Å². The second kappa shape index (κ2) is 7.68.